The summed E-state index contributed by atoms with van der Waals surface area (Å²) in [5.74, 6) is 0.772. The summed E-state index contributed by atoms with van der Waals surface area (Å²) in [6.45, 7) is 4.81. The summed E-state index contributed by atoms with van der Waals surface area (Å²) >= 11 is 1.45. The molecule has 1 saturated carbocycles. The Kier molecular flexibility index (Phi) is 8.38. The van der Waals surface area contributed by atoms with Crippen LogP contribution in [-0.4, -0.2) is 22.2 Å². The molecule has 0 radical (unpaired) electrons. The second-order valence-electron chi connectivity index (χ2n) is 4.89. The van der Waals surface area contributed by atoms with Gasteiger partial charge in [0.15, 0.2) is 0 Å². The van der Waals surface area contributed by atoms with Gasteiger partial charge in [-0.3, -0.25) is 4.79 Å². The van der Waals surface area contributed by atoms with Gasteiger partial charge in [0.2, 0.25) is 0 Å². The van der Waals surface area contributed by atoms with Crippen LogP contribution in [0.2, 0.25) is 0 Å². The van der Waals surface area contributed by atoms with Gasteiger partial charge in [0.25, 0.3) is 6.47 Å². The maximum atomic E-state index is 10.0. The Balaban J connectivity index is 0.000000196. The molecule has 19 heavy (non-hydrogen) atoms. The lowest BCUT2D eigenvalue weighted by Gasteiger charge is -2.12. The zero-order valence-corrected chi connectivity index (χ0v) is 12.7. The normalized spacial score (nSPS) is 15.3. The molecule has 0 saturated heterocycles. The van der Waals surface area contributed by atoms with E-state index in [2.05, 4.69) is 23.4 Å². The van der Waals surface area contributed by atoms with Crippen molar-refractivity contribution in [2.75, 3.05) is 0 Å². The molecule has 4 nitrogen and oxygen atoms in total. The summed E-state index contributed by atoms with van der Waals surface area (Å²) in [7, 11) is 0. The summed E-state index contributed by atoms with van der Waals surface area (Å²) in [6.07, 6.45) is 8.24. The Hall–Kier alpha value is -0.970. The Morgan fingerprint density at radius 1 is 1.42 bits per heavy atom. The van der Waals surface area contributed by atoms with Crippen molar-refractivity contribution in [1.29, 1.82) is 0 Å². The van der Waals surface area contributed by atoms with Gasteiger partial charge in [0.05, 0.1) is 5.69 Å². The molecule has 108 valence electrons. The van der Waals surface area contributed by atoms with Crippen LogP contribution >= 0.6 is 11.5 Å². The summed E-state index contributed by atoms with van der Waals surface area (Å²) in [6, 6.07) is 0. The van der Waals surface area contributed by atoms with Crippen LogP contribution in [0.5, 0.6) is 0 Å². The molecule has 0 aromatic carbocycles. The molecular weight excluding hydrogens is 260 g/mol. The monoisotopic (exact) mass is 284 g/mol. The fraction of sp³-hybridized carbons (Fsp3) is 0.786. The van der Waals surface area contributed by atoms with Crippen LogP contribution in [0.1, 0.15) is 70.4 Å². The molecule has 1 heterocycles. The summed E-state index contributed by atoms with van der Waals surface area (Å²) in [4.78, 5) is 10.0. The van der Waals surface area contributed by atoms with Gasteiger partial charge in [-0.05, 0) is 37.2 Å². The maximum absolute atomic E-state index is 10.0. The van der Waals surface area contributed by atoms with E-state index in [0.717, 1.165) is 31.6 Å². The molecule has 1 aromatic rings. The molecule has 1 fully saturated rings. The lowest BCUT2D eigenvalue weighted by molar-refractivity contribution is -0.134. The van der Waals surface area contributed by atoms with Crippen LogP contribution in [-0.2, 0) is 9.53 Å². The van der Waals surface area contributed by atoms with Crippen molar-refractivity contribution in [3.63, 3.8) is 0 Å². The molecule has 1 aromatic heterocycles. The molecule has 0 amide bonds. The molecule has 1 aliphatic carbocycles. The molecule has 2 rings (SSSR count). The molecule has 5 heteroatoms. The van der Waals surface area contributed by atoms with Crippen molar-refractivity contribution >= 4 is 18.0 Å². The van der Waals surface area contributed by atoms with E-state index in [4.69, 9.17) is 4.74 Å². The third kappa shape index (κ3) is 7.25. The molecule has 1 atom stereocenters. The second kappa shape index (κ2) is 9.89. The molecule has 0 bridgehead atoms. The molecule has 1 unspecified atom stereocenters. The third-order valence-corrected chi connectivity index (χ3v) is 3.63. The number of hydrogen-bond donors (Lipinski definition) is 0. The number of rotatable bonds is 8. The first-order valence-corrected chi connectivity index (χ1v) is 8.01. The van der Waals surface area contributed by atoms with Gasteiger partial charge in [0.1, 0.15) is 6.10 Å². The number of carbonyl (C=O) groups is 1. The predicted molar refractivity (Wildman–Crippen MR) is 77.3 cm³/mol. The first-order chi connectivity index (χ1) is 9.31. The summed E-state index contributed by atoms with van der Waals surface area (Å²) in [5.41, 5.74) is 1.20. The quantitative estimate of drug-likeness (QED) is 0.679. The fourth-order valence-corrected chi connectivity index (χ4v) is 2.38. The van der Waals surface area contributed by atoms with Crippen LogP contribution < -0.4 is 0 Å². The van der Waals surface area contributed by atoms with E-state index in [0.29, 0.717) is 6.47 Å². The van der Waals surface area contributed by atoms with Gasteiger partial charge < -0.3 is 4.74 Å². The lowest BCUT2D eigenvalue weighted by atomic mass is 10.1. The minimum absolute atomic E-state index is 0.164. The number of carbonyl (C=O) groups excluding carboxylic acids is 1. The average Bonchev–Trinajstić information content (AvgIpc) is 3.13. The Labute approximate surface area is 119 Å². The van der Waals surface area contributed by atoms with E-state index < -0.39 is 0 Å². The minimum atomic E-state index is 0.164. The zero-order valence-electron chi connectivity index (χ0n) is 11.9. The van der Waals surface area contributed by atoms with E-state index in [1.165, 1.54) is 36.5 Å². The molecule has 0 aliphatic heterocycles. The highest BCUT2D eigenvalue weighted by molar-refractivity contribution is 7.03. The van der Waals surface area contributed by atoms with Crippen LogP contribution in [0, 0.1) is 0 Å². The molecular formula is C14H24N2O2S. The topological polar surface area (TPSA) is 52.1 Å². The predicted octanol–water partition coefficient (Wildman–Crippen LogP) is 3.93. The van der Waals surface area contributed by atoms with Crippen LogP contribution in [0.25, 0.3) is 0 Å². The Morgan fingerprint density at radius 2 is 2.21 bits per heavy atom. The van der Waals surface area contributed by atoms with Gasteiger partial charge in [-0.25, -0.2) is 0 Å². The first-order valence-electron chi connectivity index (χ1n) is 7.17. The van der Waals surface area contributed by atoms with Crippen molar-refractivity contribution < 1.29 is 9.53 Å². The van der Waals surface area contributed by atoms with Gasteiger partial charge in [-0.15, -0.1) is 5.10 Å². The van der Waals surface area contributed by atoms with Crippen molar-refractivity contribution in [2.24, 2.45) is 0 Å². The lowest BCUT2D eigenvalue weighted by Crippen LogP contribution is -2.11. The minimum Gasteiger partial charge on any atom is -0.465 e. The van der Waals surface area contributed by atoms with E-state index in [1.807, 2.05) is 5.38 Å². The van der Waals surface area contributed by atoms with Crippen molar-refractivity contribution in [3.8, 4) is 0 Å². The van der Waals surface area contributed by atoms with E-state index >= 15 is 0 Å². The number of aromatic nitrogens is 2. The average molecular weight is 284 g/mol. The molecule has 0 N–H and O–H groups in total. The van der Waals surface area contributed by atoms with E-state index in [-0.39, 0.29) is 6.10 Å². The molecule has 1 aliphatic rings. The van der Waals surface area contributed by atoms with Gasteiger partial charge in [-0.2, -0.15) is 0 Å². The molecule has 0 spiro atoms. The number of nitrogens with zero attached hydrogens (tertiary/aromatic N) is 2. The van der Waals surface area contributed by atoms with Gasteiger partial charge >= 0.3 is 0 Å². The highest BCUT2D eigenvalue weighted by Gasteiger charge is 2.25. The Morgan fingerprint density at radius 3 is 2.68 bits per heavy atom. The number of hydrogen-bond acceptors (Lipinski definition) is 5. The fourth-order valence-electron chi connectivity index (χ4n) is 1.84. The SMILES string of the molecule is CCCCC(CCC)OC=O.c1snnc1C1CC1. The van der Waals surface area contributed by atoms with E-state index in [1.54, 1.807) is 0 Å². The maximum Gasteiger partial charge on any atom is 0.293 e. The summed E-state index contributed by atoms with van der Waals surface area (Å²) in [5, 5.41) is 5.99. The highest BCUT2D eigenvalue weighted by atomic mass is 32.1. The smallest absolute Gasteiger partial charge is 0.293 e. The second-order valence-corrected chi connectivity index (χ2v) is 5.50. The zero-order chi connectivity index (χ0) is 13.9. The van der Waals surface area contributed by atoms with Crippen LogP contribution in [0.15, 0.2) is 5.38 Å². The van der Waals surface area contributed by atoms with Crippen LogP contribution in [0.3, 0.4) is 0 Å². The number of unbranched alkanes of at least 4 members (excludes halogenated alkanes) is 1. The summed E-state index contributed by atoms with van der Waals surface area (Å²) < 4.78 is 8.68. The van der Waals surface area contributed by atoms with E-state index in [9.17, 15) is 4.79 Å². The largest absolute Gasteiger partial charge is 0.465 e. The standard InChI is InChI=1S/C9H18O2.C5H6N2S/c1-3-5-7-9(6-4-2)11-8-10;1-2-4(1)5-3-8-7-6-5/h8-9H,3-7H2,1-2H3;3-4H,1-2H2. The Bertz CT molecular complexity index is 326. The first kappa shape index (κ1) is 16.1. The van der Waals surface area contributed by atoms with Gasteiger partial charge in [0, 0.05) is 11.3 Å². The highest BCUT2D eigenvalue weighted by Crippen LogP contribution is 2.38. The van der Waals surface area contributed by atoms with Crippen molar-refractivity contribution in [3.05, 3.63) is 11.1 Å². The third-order valence-electron chi connectivity index (χ3n) is 3.11. The van der Waals surface area contributed by atoms with Crippen LogP contribution in [0.4, 0.5) is 0 Å². The number of ether oxygens (including phenoxy) is 1. The van der Waals surface area contributed by atoms with Crippen molar-refractivity contribution in [2.45, 2.75) is 70.8 Å². The van der Waals surface area contributed by atoms with Crippen molar-refractivity contribution in [1.82, 2.24) is 9.59 Å². The van der Waals surface area contributed by atoms with Gasteiger partial charge in [-0.1, -0.05) is 37.6 Å².